The second-order valence-electron chi connectivity index (χ2n) is 5.99. The van der Waals surface area contributed by atoms with E-state index < -0.39 is 0 Å². The first kappa shape index (κ1) is 11.2. The molecule has 0 amide bonds. The lowest BCUT2D eigenvalue weighted by molar-refractivity contribution is 0.565. The third-order valence-corrected chi connectivity index (χ3v) is 4.31. The van der Waals surface area contributed by atoms with Gasteiger partial charge in [-0.1, -0.05) is 12.1 Å². The molecule has 0 bridgehead atoms. The summed E-state index contributed by atoms with van der Waals surface area (Å²) in [6.07, 6.45) is 5.53. The number of fused-ring (bicyclic) bond motifs is 1. The standard InChI is InChI=1S/C16H19N3/c1-10-16(18-14-5-3-2-4-13(14)17-10)19-15(11-6-7-11)12-8-9-12/h2-5,11-12,15H,6-9H2,1H3,(H,18,19). The molecule has 0 saturated heterocycles. The van der Waals surface area contributed by atoms with Crippen LogP contribution in [0.4, 0.5) is 5.82 Å². The third kappa shape index (κ3) is 2.18. The molecule has 4 rings (SSSR count). The van der Waals surface area contributed by atoms with Gasteiger partial charge < -0.3 is 5.32 Å². The number of nitrogens with one attached hydrogen (secondary N) is 1. The molecule has 0 atom stereocenters. The van der Waals surface area contributed by atoms with Gasteiger partial charge in [-0.2, -0.15) is 0 Å². The molecule has 2 aromatic rings. The van der Waals surface area contributed by atoms with Crippen LogP contribution < -0.4 is 5.32 Å². The van der Waals surface area contributed by atoms with Crippen molar-refractivity contribution >= 4 is 16.9 Å². The normalized spacial score (nSPS) is 19.1. The van der Waals surface area contributed by atoms with Crippen LogP contribution in [-0.2, 0) is 0 Å². The Morgan fingerprint density at radius 2 is 1.58 bits per heavy atom. The molecule has 0 aliphatic heterocycles. The van der Waals surface area contributed by atoms with Gasteiger partial charge in [-0.25, -0.2) is 9.97 Å². The minimum Gasteiger partial charge on any atom is -0.365 e. The van der Waals surface area contributed by atoms with Crippen molar-refractivity contribution in [1.29, 1.82) is 0 Å². The van der Waals surface area contributed by atoms with E-state index in [1.54, 1.807) is 0 Å². The van der Waals surface area contributed by atoms with Crippen molar-refractivity contribution in [2.75, 3.05) is 5.32 Å². The zero-order chi connectivity index (χ0) is 12.8. The number of hydrogen-bond acceptors (Lipinski definition) is 3. The average Bonchev–Trinajstić information content (AvgIpc) is 3.28. The Morgan fingerprint density at radius 1 is 1.00 bits per heavy atom. The Balaban J connectivity index is 1.67. The molecule has 2 saturated carbocycles. The summed E-state index contributed by atoms with van der Waals surface area (Å²) in [5.41, 5.74) is 2.99. The summed E-state index contributed by atoms with van der Waals surface area (Å²) < 4.78 is 0. The van der Waals surface area contributed by atoms with E-state index in [4.69, 9.17) is 4.98 Å². The molecule has 19 heavy (non-hydrogen) atoms. The molecule has 98 valence electrons. The number of anilines is 1. The highest BCUT2D eigenvalue weighted by Gasteiger charge is 2.41. The Labute approximate surface area is 113 Å². The maximum atomic E-state index is 4.76. The van der Waals surface area contributed by atoms with Crippen molar-refractivity contribution < 1.29 is 0 Å². The van der Waals surface area contributed by atoms with E-state index in [2.05, 4.69) is 17.2 Å². The Kier molecular flexibility index (Phi) is 2.47. The highest BCUT2D eigenvalue weighted by molar-refractivity contribution is 5.76. The molecule has 3 nitrogen and oxygen atoms in total. The van der Waals surface area contributed by atoms with Gasteiger partial charge in [-0.05, 0) is 56.6 Å². The van der Waals surface area contributed by atoms with Crippen molar-refractivity contribution in [2.45, 2.75) is 38.6 Å². The summed E-state index contributed by atoms with van der Waals surface area (Å²) in [6, 6.07) is 8.74. The number of benzene rings is 1. The van der Waals surface area contributed by atoms with Gasteiger partial charge in [0.15, 0.2) is 0 Å². The first-order chi connectivity index (χ1) is 9.31. The van der Waals surface area contributed by atoms with Gasteiger partial charge >= 0.3 is 0 Å². The van der Waals surface area contributed by atoms with Crippen LogP contribution in [-0.4, -0.2) is 16.0 Å². The molecule has 2 fully saturated rings. The largest absolute Gasteiger partial charge is 0.365 e. The lowest BCUT2D eigenvalue weighted by Gasteiger charge is -2.19. The van der Waals surface area contributed by atoms with Crippen LogP contribution in [0.2, 0.25) is 0 Å². The molecular formula is C16H19N3. The van der Waals surface area contributed by atoms with Gasteiger partial charge in [-0.3, -0.25) is 0 Å². The molecule has 2 aliphatic rings. The van der Waals surface area contributed by atoms with E-state index in [0.717, 1.165) is 34.4 Å². The van der Waals surface area contributed by atoms with Crippen LogP contribution in [0.3, 0.4) is 0 Å². The summed E-state index contributed by atoms with van der Waals surface area (Å²) in [5.74, 6) is 2.74. The van der Waals surface area contributed by atoms with Gasteiger partial charge in [0, 0.05) is 6.04 Å². The minimum absolute atomic E-state index is 0.633. The molecule has 1 aromatic heterocycles. The number of aryl methyl sites for hydroxylation is 1. The van der Waals surface area contributed by atoms with Gasteiger partial charge in [0.05, 0.1) is 16.7 Å². The van der Waals surface area contributed by atoms with Crippen LogP contribution in [0.25, 0.3) is 11.0 Å². The highest BCUT2D eigenvalue weighted by Crippen LogP contribution is 2.45. The molecule has 0 unspecified atom stereocenters. The van der Waals surface area contributed by atoms with E-state index in [-0.39, 0.29) is 0 Å². The Hall–Kier alpha value is -1.64. The molecule has 0 radical (unpaired) electrons. The maximum absolute atomic E-state index is 4.76. The molecule has 1 aromatic carbocycles. The molecule has 1 heterocycles. The Morgan fingerprint density at radius 3 is 2.16 bits per heavy atom. The van der Waals surface area contributed by atoms with Crippen LogP contribution in [0.5, 0.6) is 0 Å². The molecule has 1 N–H and O–H groups in total. The first-order valence-corrected chi connectivity index (χ1v) is 7.31. The van der Waals surface area contributed by atoms with Crippen molar-refractivity contribution in [2.24, 2.45) is 11.8 Å². The Bertz CT molecular complexity index is 602. The van der Waals surface area contributed by atoms with E-state index in [9.17, 15) is 0 Å². The minimum atomic E-state index is 0.633. The zero-order valence-corrected chi connectivity index (χ0v) is 11.3. The number of aromatic nitrogens is 2. The predicted molar refractivity (Wildman–Crippen MR) is 77.1 cm³/mol. The first-order valence-electron chi connectivity index (χ1n) is 7.31. The smallest absolute Gasteiger partial charge is 0.148 e. The van der Waals surface area contributed by atoms with E-state index >= 15 is 0 Å². The van der Waals surface area contributed by atoms with Crippen LogP contribution in [0.1, 0.15) is 31.4 Å². The van der Waals surface area contributed by atoms with Crippen LogP contribution in [0, 0.1) is 18.8 Å². The van der Waals surface area contributed by atoms with Crippen LogP contribution in [0.15, 0.2) is 24.3 Å². The number of hydrogen-bond donors (Lipinski definition) is 1. The maximum Gasteiger partial charge on any atom is 0.148 e. The van der Waals surface area contributed by atoms with Crippen LogP contribution >= 0.6 is 0 Å². The molecule has 2 aliphatic carbocycles. The summed E-state index contributed by atoms with van der Waals surface area (Å²) >= 11 is 0. The van der Waals surface area contributed by atoms with Crippen molar-refractivity contribution in [3.63, 3.8) is 0 Å². The van der Waals surface area contributed by atoms with E-state index in [1.165, 1.54) is 25.7 Å². The highest BCUT2D eigenvalue weighted by atomic mass is 15.1. The topological polar surface area (TPSA) is 37.8 Å². The van der Waals surface area contributed by atoms with Gasteiger partial charge in [-0.15, -0.1) is 0 Å². The zero-order valence-electron chi connectivity index (χ0n) is 11.3. The third-order valence-electron chi connectivity index (χ3n) is 4.31. The lowest BCUT2D eigenvalue weighted by atomic mass is 10.1. The predicted octanol–water partition coefficient (Wildman–Crippen LogP) is 3.54. The lowest BCUT2D eigenvalue weighted by Crippen LogP contribution is -2.25. The monoisotopic (exact) mass is 253 g/mol. The second-order valence-corrected chi connectivity index (χ2v) is 5.99. The number of nitrogens with zero attached hydrogens (tertiary/aromatic N) is 2. The van der Waals surface area contributed by atoms with E-state index in [0.29, 0.717) is 6.04 Å². The van der Waals surface area contributed by atoms with Crippen molar-refractivity contribution in [1.82, 2.24) is 9.97 Å². The summed E-state index contributed by atoms with van der Waals surface area (Å²) in [4.78, 5) is 9.42. The fourth-order valence-corrected chi connectivity index (χ4v) is 2.91. The SMILES string of the molecule is Cc1nc2ccccc2nc1NC(C1CC1)C1CC1. The summed E-state index contributed by atoms with van der Waals surface area (Å²) in [6.45, 7) is 2.05. The van der Waals surface area contributed by atoms with Gasteiger partial charge in [0.1, 0.15) is 5.82 Å². The number of rotatable bonds is 4. The summed E-state index contributed by atoms with van der Waals surface area (Å²) in [7, 11) is 0. The number of para-hydroxylation sites is 2. The molecular weight excluding hydrogens is 234 g/mol. The second kappa shape index (κ2) is 4.19. The molecule has 3 heteroatoms. The van der Waals surface area contributed by atoms with Gasteiger partial charge in [0.2, 0.25) is 0 Å². The fraction of sp³-hybridized carbons (Fsp3) is 0.500. The van der Waals surface area contributed by atoms with Gasteiger partial charge in [0.25, 0.3) is 0 Å². The average molecular weight is 253 g/mol. The van der Waals surface area contributed by atoms with Crippen molar-refractivity contribution in [3.05, 3.63) is 30.0 Å². The van der Waals surface area contributed by atoms with Crippen molar-refractivity contribution in [3.8, 4) is 0 Å². The van der Waals surface area contributed by atoms with E-state index in [1.807, 2.05) is 24.3 Å². The fourth-order valence-electron chi connectivity index (χ4n) is 2.91. The summed E-state index contributed by atoms with van der Waals surface area (Å²) in [5, 5.41) is 3.69. The molecule has 0 spiro atoms. The quantitative estimate of drug-likeness (QED) is 0.905.